The predicted octanol–water partition coefficient (Wildman–Crippen LogP) is 3.59. The van der Waals surface area contributed by atoms with Gasteiger partial charge in [0.2, 0.25) is 10.0 Å². The quantitative estimate of drug-likeness (QED) is 0.501. The van der Waals surface area contributed by atoms with Gasteiger partial charge in [0, 0.05) is 51.1 Å². The van der Waals surface area contributed by atoms with Crippen LogP contribution < -0.4 is 19.3 Å². The molecule has 1 saturated heterocycles. The summed E-state index contributed by atoms with van der Waals surface area (Å²) in [5.74, 6) is 0.424. The highest BCUT2D eigenvalue weighted by Crippen LogP contribution is 2.20. The maximum atomic E-state index is 12.7. The Balaban J connectivity index is 1.26. The summed E-state index contributed by atoms with van der Waals surface area (Å²) in [5, 5.41) is 0. The van der Waals surface area contributed by atoms with Gasteiger partial charge in [0.25, 0.3) is 0 Å². The molecule has 0 aliphatic carbocycles. The van der Waals surface area contributed by atoms with Crippen molar-refractivity contribution >= 4 is 27.5 Å². The number of para-hydroxylation sites is 1. The molecule has 1 aliphatic rings. The average molecular weight is 509 g/mol. The van der Waals surface area contributed by atoms with Gasteiger partial charge in [0.1, 0.15) is 5.75 Å². The number of hydrogen-bond donors (Lipinski definition) is 1. The van der Waals surface area contributed by atoms with Crippen LogP contribution in [0.3, 0.4) is 0 Å². The molecule has 190 valence electrons. The first-order valence-electron chi connectivity index (χ1n) is 11.9. The number of nitrogens with one attached hydrogen (secondary N) is 1. The van der Waals surface area contributed by atoms with Gasteiger partial charge >= 0.3 is 6.09 Å². The van der Waals surface area contributed by atoms with Crippen LogP contribution in [0.5, 0.6) is 5.75 Å². The third kappa shape index (κ3) is 6.63. The molecule has 1 aliphatic heterocycles. The number of rotatable bonds is 8. The van der Waals surface area contributed by atoms with E-state index in [4.69, 9.17) is 4.74 Å². The lowest BCUT2D eigenvalue weighted by molar-refractivity contribution is 0.209. The number of amides is 1. The van der Waals surface area contributed by atoms with Crippen LogP contribution >= 0.6 is 0 Å². The van der Waals surface area contributed by atoms with E-state index in [-0.39, 0.29) is 11.4 Å². The highest BCUT2D eigenvalue weighted by atomic mass is 32.2. The van der Waals surface area contributed by atoms with Crippen LogP contribution in [0.1, 0.15) is 5.56 Å². The van der Waals surface area contributed by atoms with Gasteiger partial charge in [-0.25, -0.2) is 17.9 Å². The van der Waals surface area contributed by atoms with Crippen LogP contribution in [-0.2, 0) is 16.4 Å². The summed E-state index contributed by atoms with van der Waals surface area (Å²) in [7, 11) is 0.157. The molecule has 9 heteroatoms. The van der Waals surface area contributed by atoms with Crippen LogP contribution in [0.4, 0.5) is 16.2 Å². The highest BCUT2D eigenvalue weighted by Gasteiger charge is 2.17. The molecule has 0 aromatic heterocycles. The zero-order chi connectivity index (χ0) is 25.5. The van der Waals surface area contributed by atoms with Crippen LogP contribution in [0.15, 0.2) is 83.8 Å². The SMILES string of the molecule is CN1CCN(c2ccc(S(=O)(=O)NCCc3ccc(OC(=O)N(C)c4ccccc4)cc3)cc2)CC1. The third-order valence-corrected chi connectivity index (χ3v) is 7.74. The molecule has 1 N–H and O–H groups in total. The summed E-state index contributed by atoms with van der Waals surface area (Å²) in [4.78, 5) is 18.6. The molecule has 3 aromatic rings. The third-order valence-electron chi connectivity index (χ3n) is 6.27. The standard InChI is InChI=1S/C27H32N4O4S/c1-29-18-20-31(21-19-29)24-10-14-26(15-11-24)36(33,34)28-17-16-22-8-12-25(13-9-22)35-27(32)30(2)23-6-4-3-5-7-23/h3-15,28H,16-21H2,1-2H3. The van der Waals surface area contributed by atoms with Crippen molar-refractivity contribution in [3.05, 3.63) is 84.4 Å². The minimum absolute atomic E-state index is 0.255. The Kier molecular flexibility index (Phi) is 8.25. The molecule has 0 unspecified atom stereocenters. The summed E-state index contributed by atoms with van der Waals surface area (Å²) < 4.78 is 33.5. The second kappa shape index (κ2) is 11.6. The van der Waals surface area contributed by atoms with Crippen molar-refractivity contribution in [2.45, 2.75) is 11.3 Å². The Morgan fingerprint density at radius 2 is 1.56 bits per heavy atom. The summed E-state index contributed by atoms with van der Waals surface area (Å²) in [6.45, 7) is 4.12. The summed E-state index contributed by atoms with van der Waals surface area (Å²) in [6, 6.07) is 23.4. The molecule has 4 rings (SSSR count). The number of hydrogen-bond acceptors (Lipinski definition) is 6. The fourth-order valence-corrected chi connectivity index (χ4v) is 5.00. The monoisotopic (exact) mass is 508 g/mol. The molecule has 1 fully saturated rings. The smallest absolute Gasteiger partial charge is 0.410 e. The van der Waals surface area contributed by atoms with E-state index < -0.39 is 16.1 Å². The van der Waals surface area contributed by atoms with Gasteiger partial charge in [0.05, 0.1) is 4.90 Å². The molecular weight excluding hydrogens is 476 g/mol. The number of nitrogens with zero attached hydrogens (tertiary/aromatic N) is 3. The highest BCUT2D eigenvalue weighted by molar-refractivity contribution is 7.89. The second-order valence-corrected chi connectivity index (χ2v) is 10.6. The Morgan fingerprint density at radius 1 is 0.917 bits per heavy atom. The van der Waals surface area contributed by atoms with Crippen molar-refractivity contribution in [2.75, 3.05) is 56.6 Å². The van der Waals surface area contributed by atoms with Gasteiger partial charge in [-0.15, -0.1) is 0 Å². The van der Waals surface area contributed by atoms with Crippen molar-refractivity contribution in [1.82, 2.24) is 9.62 Å². The number of piperazine rings is 1. The minimum Gasteiger partial charge on any atom is -0.410 e. The average Bonchev–Trinajstić information content (AvgIpc) is 2.90. The molecule has 1 amide bonds. The van der Waals surface area contributed by atoms with E-state index in [0.29, 0.717) is 12.2 Å². The van der Waals surface area contributed by atoms with Crippen LogP contribution in [0, 0.1) is 0 Å². The largest absolute Gasteiger partial charge is 0.419 e. The van der Waals surface area contributed by atoms with Gasteiger partial charge in [-0.05, 0) is 67.6 Å². The molecule has 1 heterocycles. The van der Waals surface area contributed by atoms with Crippen LogP contribution in [0.25, 0.3) is 0 Å². The Labute approximate surface area is 213 Å². The van der Waals surface area contributed by atoms with Gasteiger partial charge < -0.3 is 14.5 Å². The Bertz CT molecular complexity index is 1240. The summed E-state index contributed by atoms with van der Waals surface area (Å²) >= 11 is 0. The summed E-state index contributed by atoms with van der Waals surface area (Å²) in [6.07, 6.45) is 0.0249. The molecule has 3 aromatic carbocycles. The lowest BCUT2D eigenvalue weighted by Crippen LogP contribution is -2.44. The van der Waals surface area contributed by atoms with E-state index in [1.165, 1.54) is 4.90 Å². The Hall–Kier alpha value is -3.40. The van der Waals surface area contributed by atoms with Crippen molar-refractivity contribution < 1.29 is 17.9 Å². The fourth-order valence-electron chi connectivity index (χ4n) is 3.96. The zero-order valence-corrected chi connectivity index (χ0v) is 21.4. The van der Waals surface area contributed by atoms with E-state index >= 15 is 0 Å². The minimum atomic E-state index is -3.60. The number of benzene rings is 3. The number of carbonyl (C=O) groups is 1. The number of sulfonamides is 1. The van der Waals surface area contributed by atoms with Crippen molar-refractivity contribution in [1.29, 1.82) is 0 Å². The van der Waals surface area contributed by atoms with Gasteiger partial charge in [-0.3, -0.25) is 4.90 Å². The van der Waals surface area contributed by atoms with E-state index in [1.54, 1.807) is 31.3 Å². The second-order valence-electron chi connectivity index (χ2n) is 8.84. The normalized spacial score (nSPS) is 14.4. The van der Waals surface area contributed by atoms with E-state index in [2.05, 4.69) is 21.6 Å². The van der Waals surface area contributed by atoms with Crippen LogP contribution in [-0.4, -0.2) is 66.2 Å². The number of ether oxygens (including phenoxy) is 1. The van der Waals surface area contributed by atoms with Crippen molar-refractivity contribution in [2.24, 2.45) is 0 Å². The Morgan fingerprint density at radius 3 is 2.19 bits per heavy atom. The molecule has 36 heavy (non-hydrogen) atoms. The molecule has 0 bridgehead atoms. The van der Waals surface area contributed by atoms with E-state index in [1.807, 2.05) is 54.6 Å². The topological polar surface area (TPSA) is 82.2 Å². The maximum absolute atomic E-state index is 12.7. The lowest BCUT2D eigenvalue weighted by atomic mass is 10.1. The molecule has 0 saturated carbocycles. The first kappa shape index (κ1) is 25.7. The number of anilines is 2. The number of carbonyl (C=O) groups excluding carboxylic acids is 1. The predicted molar refractivity (Wildman–Crippen MR) is 142 cm³/mol. The van der Waals surface area contributed by atoms with Gasteiger partial charge in [0.15, 0.2) is 0 Å². The lowest BCUT2D eigenvalue weighted by Gasteiger charge is -2.34. The first-order chi connectivity index (χ1) is 17.3. The van der Waals surface area contributed by atoms with Gasteiger partial charge in [-0.1, -0.05) is 30.3 Å². The van der Waals surface area contributed by atoms with Crippen molar-refractivity contribution in [3.63, 3.8) is 0 Å². The molecule has 8 nitrogen and oxygen atoms in total. The molecule has 0 atom stereocenters. The van der Waals surface area contributed by atoms with Crippen LogP contribution in [0.2, 0.25) is 0 Å². The van der Waals surface area contributed by atoms with Crippen molar-refractivity contribution in [3.8, 4) is 5.75 Å². The molecule has 0 radical (unpaired) electrons. The fraction of sp³-hybridized carbons (Fsp3) is 0.296. The summed E-state index contributed by atoms with van der Waals surface area (Å²) in [5.41, 5.74) is 2.71. The number of likely N-dealkylation sites (N-methyl/N-ethyl adjacent to an activating group) is 1. The van der Waals surface area contributed by atoms with E-state index in [0.717, 1.165) is 43.1 Å². The zero-order valence-electron chi connectivity index (χ0n) is 20.6. The molecule has 0 spiro atoms. The van der Waals surface area contributed by atoms with Gasteiger partial charge in [-0.2, -0.15) is 0 Å². The first-order valence-corrected chi connectivity index (χ1v) is 13.4. The maximum Gasteiger partial charge on any atom is 0.419 e. The van der Waals surface area contributed by atoms with E-state index in [9.17, 15) is 13.2 Å². The molecular formula is C27H32N4O4S.